The molecule has 2 aromatic rings. The second-order valence-corrected chi connectivity index (χ2v) is 6.08. The summed E-state index contributed by atoms with van der Waals surface area (Å²) in [5.41, 5.74) is 8.66. The fourth-order valence-electron chi connectivity index (χ4n) is 1.91. The third-order valence-corrected chi connectivity index (χ3v) is 4.10. The highest BCUT2D eigenvalue weighted by Crippen LogP contribution is 2.19. The van der Waals surface area contributed by atoms with Crippen LogP contribution >= 0.6 is 11.3 Å². The number of nitrogen functional groups attached to an aromatic ring is 1. The fraction of sp³-hybridized carbons (Fsp3) is 0.333. The van der Waals surface area contributed by atoms with Gasteiger partial charge in [0.05, 0.1) is 5.69 Å². The number of hydrogen-bond acceptors (Lipinski definition) is 4. The third-order valence-electron chi connectivity index (χ3n) is 3.12. The van der Waals surface area contributed by atoms with Gasteiger partial charge < -0.3 is 11.1 Å². The average molecular weight is 289 g/mol. The number of carbonyl (C=O) groups is 1. The zero-order chi connectivity index (χ0) is 14.7. The number of nitrogens with one attached hydrogen (secondary N) is 1. The summed E-state index contributed by atoms with van der Waals surface area (Å²) in [6.07, 6.45) is 0. The summed E-state index contributed by atoms with van der Waals surface area (Å²) in [4.78, 5) is 16.7. The predicted molar refractivity (Wildman–Crippen MR) is 83.0 cm³/mol. The van der Waals surface area contributed by atoms with E-state index in [1.807, 2.05) is 12.1 Å². The summed E-state index contributed by atoms with van der Waals surface area (Å²) in [7, 11) is 0. The van der Waals surface area contributed by atoms with Crippen LogP contribution in [-0.4, -0.2) is 10.9 Å². The molecule has 0 bridgehead atoms. The summed E-state index contributed by atoms with van der Waals surface area (Å²) < 4.78 is 0. The first kappa shape index (κ1) is 14.5. The topological polar surface area (TPSA) is 68.0 Å². The molecule has 0 spiro atoms. The van der Waals surface area contributed by atoms with Gasteiger partial charge in [0.1, 0.15) is 4.88 Å². The molecule has 0 aliphatic rings. The molecule has 4 nitrogen and oxygen atoms in total. The second kappa shape index (κ2) is 6.05. The molecule has 106 valence electrons. The number of nitrogens with zero attached hydrogens (tertiary/aromatic N) is 1. The first-order valence-corrected chi connectivity index (χ1v) is 7.39. The quantitative estimate of drug-likeness (QED) is 0.909. The molecule has 0 atom stereocenters. The van der Waals surface area contributed by atoms with Gasteiger partial charge in [0.2, 0.25) is 0 Å². The third kappa shape index (κ3) is 3.36. The Hall–Kier alpha value is -1.88. The van der Waals surface area contributed by atoms with Crippen molar-refractivity contribution in [3.63, 3.8) is 0 Å². The number of benzene rings is 1. The van der Waals surface area contributed by atoms with Gasteiger partial charge in [0.15, 0.2) is 5.13 Å². The molecule has 1 amide bonds. The predicted octanol–water partition coefficient (Wildman–Crippen LogP) is 3.09. The van der Waals surface area contributed by atoms with Crippen LogP contribution in [0.2, 0.25) is 0 Å². The van der Waals surface area contributed by atoms with Gasteiger partial charge in [-0.1, -0.05) is 49.4 Å². The highest BCUT2D eigenvalue weighted by Gasteiger charge is 2.13. The maximum Gasteiger partial charge on any atom is 0.263 e. The lowest BCUT2D eigenvalue weighted by atomic mass is 10.0. The van der Waals surface area contributed by atoms with E-state index in [1.165, 1.54) is 16.9 Å². The molecule has 0 radical (unpaired) electrons. The van der Waals surface area contributed by atoms with Gasteiger partial charge in [0.25, 0.3) is 5.91 Å². The molecule has 0 fully saturated rings. The van der Waals surface area contributed by atoms with Crippen molar-refractivity contribution in [3.8, 4) is 0 Å². The van der Waals surface area contributed by atoms with Gasteiger partial charge in [-0.25, -0.2) is 4.98 Å². The van der Waals surface area contributed by atoms with Crippen LogP contribution in [0.4, 0.5) is 5.13 Å². The Morgan fingerprint density at radius 2 is 2.00 bits per heavy atom. The van der Waals surface area contributed by atoms with Gasteiger partial charge >= 0.3 is 0 Å². The smallest absolute Gasteiger partial charge is 0.263 e. The van der Waals surface area contributed by atoms with Crippen LogP contribution in [0.15, 0.2) is 24.3 Å². The SMILES string of the molecule is Cc1nc(N)sc1C(=O)NCc1ccc(C(C)C)cc1. The summed E-state index contributed by atoms with van der Waals surface area (Å²) in [5, 5.41) is 3.32. The van der Waals surface area contributed by atoms with Crippen LogP contribution in [0.3, 0.4) is 0 Å². The number of amides is 1. The Labute approximate surface area is 123 Å². The molecule has 0 saturated carbocycles. The first-order valence-electron chi connectivity index (χ1n) is 6.57. The Kier molecular flexibility index (Phi) is 4.39. The molecule has 1 heterocycles. The monoisotopic (exact) mass is 289 g/mol. The van der Waals surface area contributed by atoms with Gasteiger partial charge in [-0.05, 0) is 24.0 Å². The maximum atomic E-state index is 12.0. The zero-order valence-corrected chi connectivity index (χ0v) is 12.8. The first-order chi connectivity index (χ1) is 9.47. The number of aromatic nitrogens is 1. The minimum Gasteiger partial charge on any atom is -0.375 e. The zero-order valence-electron chi connectivity index (χ0n) is 11.9. The van der Waals surface area contributed by atoms with Crippen molar-refractivity contribution in [2.75, 3.05) is 5.73 Å². The largest absolute Gasteiger partial charge is 0.375 e. The van der Waals surface area contributed by atoms with E-state index in [9.17, 15) is 4.79 Å². The second-order valence-electron chi connectivity index (χ2n) is 5.05. The van der Waals surface area contributed by atoms with Crippen molar-refractivity contribution in [2.45, 2.75) is 33.2 Å². The summed E-state index contributed by atoms with van der Waals surface area (Å²) in [6.45, 7) is 6.62. The van der Waals surface area contributed by atoms with E-state index in [-0.39, 0.29) is 5.91 Å². The molecule has 0 saturated heterocycles. The standard InChI is InChI=1S/C15H19N3OS/c1-9(2)12-6-4-11(5-7-12)8-17-14(19)13-10(3)18-15(16)20-13/h4-7,9H,8H2,1-3H3,(H2,16,18)(H,17,19). The summed E-state index contributed by atoms with van der Waals surface area (Å²) >= 11 is 1.22. The van der Waals surface area contributed by atoms with E-state index in [4.69, 9.17) is 5.73 Å². The molecule has 5 heteroatoms. The fourth-order valence-corrected chi connectivity index (χ4v) is 2.66. The lowest BCUT2D eigenvalue weighted by Gasteiger charge is -2.08. The number of thiazole rings is 1. The Morgan fingerprint density at radius 1 is 1.35 bits per heavy atom. The van der Waals surface area contributed by atoms with Crippen LogP contribution in [0, 0.1) is 6.92 Å². The highest BCUT2D eigenvalue weighted by atomic mass is 32.1. The van der Waals surface area contributed by atoms with E-state index in [0.717, 1.165) is 5.56 Å². The van der Waals surface area contributed by atoms with Crippen molar-refractivity contribution < 1.29 is 4.79 Å². The number of hydrogen-bond donors (Lipinski definition) is 2. The van der Waals surface area contributed by atoms with Crippen molar-refractivity contribution >= 4 is 22.4 Å². The maximum absolute atomic E-state index is 12.0. The molecular weight excluding hydrogens is 270 g/mol. The highest BCUT2D eigenvalue weighted by molar-refractivity contribution is 7.17. The molecule has 2 rings (SSSR count). The number of rotatable bonds is 4. The number of nitrogens with two attached hydrogens (primary N) is 1. The Morgan fingerprint density at radius 3 is 2.50 bits per heavy atom. The van der Waals surface area contributed by atoms with Crippen molar-refractivity contribution in [1.82, 2.24) is 10.3 Å². The molecule has 1 aromatic carbocycles. The van der Waals surface area contributed by atoms with Crippen LogP contribution < -0.4 is 11.1 Å². The molecule has 0 unspecified atom stereocenters. The Balaban J connectivity index is 1.98. The molecule has 0 aliphatic heterocycles. The number of aryl methyl sites for hydroxylation is 1. The minimum absolute atomic E-state index is 0.121. The van der Waals surface area contributed by atoms with Crippen LogP contribution in [-0.2, 0) is 6.54 Å². The van der Waals surface area contributed by atoms with Crippen molar-refractivity contribution in [2.24, 2.45) is 0 Å². The van der Waals surface area contributed by atoms with Crippen LogP contribution in [0.25, 0.3) is 0 Å². The molecule has 0 aliphatic carbocycles. The van der Waals surface area contributed by atoms with Crippen molar-refractivity contribution in [3.05, 3.63) is 46.0 Å². The van der Waals surface area contributed by atoms with Crippen LogP contribution in [0.1, 0.15) is 46.3 Å². The summed E-state index contributed by atoms with van der Waals surface area (Å²) in [5.74, 6) is 0.395. The minimum atomic E-state index is -0.121. The molecule has 20 heavy (non-hydrogen) atoms. The van der Waals surface area contributed by atoms with E-state index in [0.29, 0.717) is 28.2 Å². The van der Waals surface area contributed by atoms with Crippen LogP contribution in [0.5, 0.6) is 0 Å². The van der Waals surface area contributed by atoms with E-state index < -0.39 is 0 Å². The van der Waals surface area contributed by atoms with Crippen molar-refractivity contribution in [1.29, 1.82) is 0 Å². The van der Waals surface area contributed by atoms with E-state index >= 15 is 0 Å². The lowest BCUT2D eigenvalue weighted by Crippen LogP contribution is -2.22. The van der Waals surface area contributed by atoms with Gasteiger partial charge in [-0.3, -0.25) is 4.79 Å². The lowest BCUT2D eigenvalue weighted by molar-refractivity contribution is 0.0954. The molecule has 3 N–H and O–H groups in total. The Bertz CT molecular complexity index is 602. The van der Waals surface area contributed by atoms with E-state index in [2.05, 4.69) is 36.3 Å². The van der Waals surface area contributed by atoms with E-state index in [1.54, 1.807) is 6.92 Å². The number of anilines is 1. The van der Waals surface area contributed by atoms with Gasteiger partial charge in [-0.2, -0.15) is 0 Å². The van der Waals surface area contributed by atoms with Gasteiger partial charge in [0, 0.05) is 6.54 Å². The van der Waals surface area contributed by atoms with Gasteiger partial charge in [-0.15, -0.1) is 0 Å². The average Bonchev–Trinajstić information content (AvgIpc) is 2.75. The molecular formula is C15H19N3OS. The number of carbonyl (C=O) groups excluding carboxylic acids is 1. The summed E-state index contributed by atoms with van der Waals surface area (Å²) in [6, 6.07) is 8.29. The normalized spacial score (nSPS) is 10.8. The molecule has 1 aromatic heterocycles.